The summed E-state index contributed by atoms with van der Waals surface area (Å²) in [5.74, 6) is -4.36. The molecule has 0 saturated carbocycles. The Labute approximate surface area is 124 Å². The lowest BCUT2D eigenvalue weighted by atomic mass is 9.90. The van der Waals surface area contributed by atoms with Crippen molar-refractivity contribution in [3.8, 4) is 0 Å². The highest BCUT2D eigenvalue weighted by Crippen LogP contribution is 2.42. The SMILES string of the molecule is CC(C)(C)c1ccc(C2=C(F)C(C(F)(F)F)C(F)C=C2)nn1. The Hall–Kier alpha value is -1.79. The molecular weight excluding hydrogens is 303 g/mol. The van der Waals surface area contributed by atoms with E-state index in [4.69, 9.17) is 0 Å². The van der Waals surface area contributed by atoms with Crippen LogP contribution in [0.3, 0.4) is 0 Å². The molecule has 2 rings (SSSR count). The second kappa shape index (κ2) is 5.44. The summed E-state index contributed by atoms with van der Waals surface area (Å²) in [5.41, 5.74) is -0.112. The highest BCUT2D eigenvalue weighted by molar-refractivity contribution is 5.75. The van der Waals surface area contributed by atoms with E-state index in [1.54, 1.807) is 6.07 Å². The number of aromatic nitrogens is 2. The number of halogens is 5. The molecule has 7 heteroatoms. The molecule has 0 amide bonds. The van der Waals surface area contributed by atoms with Gasteiger partial charge in [-0.2, -0.15) is 23.4 Å². The average molecular weight is 318 g/mol. The Balaban J connectivity index is 2.43. The summed E-state index contributed by atoms with van der Waals surface area (Å²) in [5, 5.41) is 7.68. The van der Waals surface area contributed by atoms with Gasteiger partial charge in [0.15, 0.2) is 0 Å². The van der Waals surface area contributed by atoms with Gasteiger partial charge in [0.05, 0.1) is 11.4 Å². The maximum atomic E-state index is 14.1. The molecule has 22 heavy (non-hydrogen) atoms. The Morgan fingerprint density at radius 3 is 2.14 bits per heavy atom. The lowest BCUT2D eigenvalue weighted by Gasteiger charge is -2.25. The fourth-order valence-electron chi connectivity index (χ4n) is 2.09. The topological polar surface area (TPSA) is 25.8 Å². The summed E-state index contributed by atoms with van der Waals surface area (Å²) in [7, 11) is 0. The van der Waals surface area contributed by atoms with Crippen molar-refractivity contribution in [3.05, 3.63) is 41.5 Å². The van der Waals surface area contributed by atoms with Crippen LogP contribution < -0.4 is 0 Å². The van der Waals surface area contributed by atoms with Crippen LogP contribution in [-0.2, 0) is 5.41 Å². The first-order chi connectivity index (χ1) is 10.0. The van der Waals surface area contributed by atoms with Gasteiger partial charge < -0.3 is 0 Å². The monoisotopic (exact) mass is 318 g/mol. The molecule has 1 aromatic heterocycles. The smallest absolute Gasteiger partial charge is 0.242 e. The van der Waals surface area contributed by atoms with E-state index in [2.05, 4.69) is 10.2 Å². The van der Waals surface area contributed by atoms with Crippen LogP contribution in [0.25, 0.3) is 5.57 Å². The molecule has 1 aliphatic rings. The van der Waals surface area contributed by atoms with E-state index in [-0.39, 0.29) is 16.7 Å². The zero-order valence-electron chi connectivity index (χ0n) is 12.2. The van der Waals surface area contributed by atoms with Gasteiger partial charge in [-0.15, -0.1) is 0 Å². The second-order valence-corrected chi connectivity index (χ2v) is 6.14. The van der Waals surface area contributed by atoms with Gasteiger partial charge in [0.25, 0.3) is 0 Å². The van der Waals surface area contributed by atoms with Crippen molar-refractivity contribution in [2.75, 3.05) is 0 Å². The average Bonchev–Trinajstić information content (AvgIpc) is 2.36. The van der Waals surface area contributed by atoms with Crippen molar-refractivity contribution in [2.45, 2.75) is 38.5 Å². The van der Waals surface area contributed by atoms with Gasteiger partial charge in [0.1, 0.15) is 17.9 Å². The number of nitrogens with zero attached hydrogens (tertiary/aromatic N) is 2. The van der Waals surface area contributed by atoms with Gasteiger partial charge in [0.2, 0.25) is 0 Å². The maximum Gasteiger partial charge on any atom is 0.401 e. The van der Waals surface area contributed by atoms with Crippen LogP contribution in [0.2, 0.25) is 0 Å². The minimum atomic E-state index is -5.00. The van der Waals surface area contributed by atoms with Gasteiger partial charge >= 0.3 is 6.18 Å². The Morgan fingerprint density at radius 2 is 1.68 bits per heavy atom. The molecule has 0 bridgehead atoms. The molecule has 1 aromatic rings. The maximum absolute atomic E-state index is 14.1. The van der Waals surface area contributed by atoms with E-state index in [1.807, 2.05) is 20.8 Å². The largest absolute Gasteiger partial charge is 0.401 e. The van der Waals surface area contributed by atoms with Crippen LogP contribution in [0.5, 0.6) is 0 Å². The van der Waals surface area contributed by atoms with Crippen LogP contribution in [0.1, 0.15) is 32.2 Å². The molecule has 0 fully saturated rings. The van der Waals surface area contributed by atoms with Crippen LogP contribution in [0.15, 0.2) is 30.1 Å². The molecule has 2 unspecified atom stereocenters. The third-order valence-corrected chi connectivity index (χ3v) is 3.36. The predicted molar refractivity (Wildman–Crippen MR) is 72.3 cm³/mol. The van der Waals surface area contributed by atoms with Crippen molar-refractivity contribution < 1.29 is 22.0 Å². The van der Waals surface area contributed by atoms with E-state index < -0.39 is 24.1 Å². The molecule has 120 valence electrons. The zero-order valence-corrected chi connectivity index (χ0v) is 12.2. The number of allylic oxidation sites excluding steroid dienone is 4. The van der Waals surface area contributed by atoms with Crippen molar-refractivity contribution in [2.24, 2.45) is 5.92 Å². The van der Waals surface area contributed by atoms with Crippen LogP contribution in [-0.4, -0.2) is 22.5 Å². The Morgan fingerprint density at radius 1 is 1.05 bits per heavy atom. The molecule has 0 N–H and O–H groups in total. The molecule has 0 saturated heterocycles. The molecule has 0 radical (unpaired) electrons. The molecular formula is C15H15F5N2. The molecule has 1 heterocycles. The lowest BCUT2D eigenvalue weighted by molar-refractivity contribution is -0.179. The summed E-state index contributed by atoms with van der Waals surface area (Å²) < 4.78 is 65.8. The van der Waals surface area contributed by atoms with Crippen molar-refractivity contribution in [3.63, 3.8) is 0 Å². The molecule has 0 spiro atoms. The summed E-state index contributed by atoms with van der Waals surface area (Å²) in [6.07, 6.45) is -5.78. The van der Waals surface area contributed by atoms with E-state index in [1.165, 1.54) is 6.07 Å². The van der Waals surface area contributed by atoms with Crippen LogP contribution in [0.4, 0.5) is 22.0 Å². The standard InChI is InChI=1S/C15H15F5N2/c1-14(2,3)11-7-6-10(21-22-11)8-4-5-9(16)12(13(8)17)15(18,19)20/h4-7,9,12H,1-3H3. The summed E-state index contributed by atoms with van der Waals surface area (Å²) in [6.45, 7) is 5.68. The quantitative estimate of drug-likeness (QED) is 0.710. The molecule has 1 aliphatic carbocycles. The minimum Gasteiger partial charge on any atom is -0.242 e. The first-order valence-electron chi connectivity index (χ1n) is 6.65. The predicted octanol–water partition coefficient (Wildman–Crippen LogP) is 4.54. The van der Waals surface area contributed by atoms with Crippen LogP contribution in [0, 0.1) is 5.92 Å². The van der Waals surface area contributed by atoms with Gasteiger partial charge in [-0.25, -0.2) is 8.78 Å². The summed E-state index contributed by atoms with van der Waals surface area (Å²) in [4.78, 5) is 0. The van der Waals surface area contributed by atoms with Gasteiger partial charge in [-0.3, -0.25) is 0 Å². The fourth-order valence-corrected chi connectivity index (χ4v) is 2.09. The van der Waals surface area contributed by atoms with Gasteiger partial charge in [0, 0.05) is 11.0 Å². The highest BCUT2D eigenvalue weighted by Gasteiger charge is 2.49. The molecule has 2 nitrogen and oxygen atoms in total. The number of rotatable bonds is 1. The Kier molecular flexibility index (Phi) is 4.10. The van der Waals surface area contributed by atoms with E-state index >= 15 is 0 Å². The molecule has 2 atom stereocenters. The molecule has 0 aliphatic heterocycles. The fraction of sp³-hybridized carbons (Fsp3) is 0.467. The van der Waals surface area contributed by atoms with Gasteiger partial charge in [-0.1, -0.05) is 26.8 Å². The van der Waals surface area contributed by atoms with Crippen molar-refractivity contribution >= 4 is 5.57 Å². The third kappa shape index (κ3) is 3.18. The summed E-state index contributed by atoms with van der Waals surface area (Å²) >= 11 is 0. The third-order valence-electron chi connectivity index (χ3n) is 3.36. The number of hydrogen-bond donors (Lipinski definition) is 0. The van der Waals surface area contributed by atoms with E-state index in [0.29, 0.717) is 11.8 Å². The van der Waals surface area contributed by atoms with Crippen molar-refractivity contribution in [1.82, 2.24) is 10.2 Å². The first-order valence-corrected chi connectivity index (χ1v) is 6.65. The van der Waals surface area contributed by atoms with Crippen molar-refractivity contribution in [1.29, 1.82) is 0 Å². The van der Waals surface area contributed by atoms with E-state index in [9.17, 15) is 22.0 Å². The van der Waals surface area contributed by atoms with E-state index in [0.717, 1.165) is 6.08 Å². The first kappa shape index (κ1) is 16.6. The molecule has 0 aromatic carbocycles. The zero-order chi connectivity index (χ0) is 16.7. The second-order valence-electron chi connectivity index (χ2n) is 6.14. The number of hydrogen-bond acceptors (Lipinski definition) is 2. The Bertz CT molecular complexity index is 608. The minimum absolute atomic E-state index is 0.0529. The normalized spacial score (nSPS) is 23.1. The van der Waals surface area contributed by atoms with Gasteiger partial charge in [-0.05, 0) is 18.2 Å². The number of alkyl halides is 4. The highest BCUT2D eigenvalue weighted by atomic mass is 19.4. The summed E-state index contributed by atoms with van der Waals surface area (Å²) in [6, 6.07) is 2.96. The van der Waals surface area contributed by atoms with Crippen LogP contribution >= 0.6 is 0 Å². The lowest BCUT2D eigenvalue weighted by Crippen LogP contribution is -2.33.